The smallest absolute Gasteiger partial charge is 0.267 e. The van der Waals surface area contributed by atoms with Crippen LogP contribution in [0.4, 0.5) is 0 Å². The summed E-state index contributed by atoms with van der Waals surface area (Å²) < 4.78 is 32.3. The van der Waals surface area contributed by atoms with E-state index in [0.29, 0.717) is 6.42 Å². The van der Waals surface area contributed by atoms with E-state index in [1.54, 1.807) is 6.08 Å². The molecule has 254 valence electrons. The highest BCUT2D eigenvalue weighted by Crippen LogP contribution is 2.14. The average molecular weight is 630 g/mol. The van der Waals surface area contributed by atoms with Crippen LogP contribution in [0.15, 0.2) is 24.3 Å². The normalized spacial score (nSPS) is 14.4. The van der Waals surface area contributed by atoms with Gasteiger partial charge in [-0.1, -0.05) is 154 Å². The van der Waals surface area contributed by atoms with E-state index in [9.17, 15) is 28.0 Å². The van der Waals surface area contributed by atoms with Gasteiger partial charge in [0.15, 0.2) is 0 Å². The second kappa shape index (κ2) is 29.5. The molecule has 4 N–H and O–H groups in total. The van der Waals surface area contributed by atoms with Crippen LogP contribution < -0.4 is 5.32 Å². The summed E-state index contributed by atoms with van der Waals surface area (Å²) in [5.41, 5.74) is 0. The highest BCUT2D eigenvalue weighted by atomic mass is 32.2. The zero-order chi connectivity index (χ0) is 32.0. The Kier molecular flexibility index (Phi) is 28.7. The topological polar surface area (TPSA) is 124 Å². The first-order valence-electron chi connectivity index (χ1n) is 17.6. The third kappa shape index (κ3) is 29.3. The molecular weight excluding hydrogens is 562 g/mol. The highest BCUT2D eigenvalue weighted by Gasteiger charge is 2.27. The Hall–Kier alpha value is -1.22. The van der Waals surface area contributed by atoms with Crippen LogP contribution in [-0.2, 0) is 14.9 Å². The molecule has 0 heterocycles. The van der Waals surface area contributed by atoms with Crippen LogP contribution >= 0.6 is 0 Å². The second-order valence-electron chi connectivity index (χ2n) is 12.3. The van der Waals surface area contributed by atoms with Crippen LogP contribution in [0.5, 0.6) is 0 Å². The minimum atomic E-state index is -4.43. The molecule has 0 radical (unpaired) electrons. The van der Waals surface area contributed by atoms with Crippen molar-refractivity contribution in [1.82, 2.24) is 5.32 Å². The number of aliphatic hydroxyl groups is 2. The van der Waals surface area contributed by atoms with Crippen LogP contribution in [0.1, 0.15) is 168 Å². The molecule has 0 aromatic rings. The molecule has 7 nitrogen and oxygen atoms in total. The van der Waals surface area contributed by atoms with E-state index in [1.807, 2.05) is 0 Å². The van der Waals surface area contributed by atoms with E-state index in [-0.39, 0.29) is 6.42 Å². The van der Waals surface area contributed by atoms with Gasteiger partial charge in [-0.15, -0.1) is 0 Å². The van der Waals surface area contributed by atoms with Crippen molar-refractivity contribution in [2.45, 2.75) is 186 Å². The molecule has 3 atom stereocenters. The van der Waals surface area contributed by atoms with Gasteiger partial charge in [0, 0.05) is 0 Å². The first-order valence-corrected chi connectivity index (χ1v) is 19.3. The number of aliphatic hydroxyl groups excluding tert-OH is 2. The van der Waals surface area contributed by atoms with Crippen LogP contribution in [0.2, 0.25) is 0 Å². The Balaban J connectivity index is 4.12. The minimum absolute atomic E-state index is 0.259. The molecule has 0 rings (SSSR count). The number of rotatable bonds is 31. The van der Waals surface area contributed by atoms with E-state index in [0.717, 1.165) is 44.9 Å². The predicted octanol–water partition coefficient (Wildman–Crippen LogP) is 8.60. The molecule has 0 aliphatic rings. The summed E-state index contributed by atoms with van der Waals surface area (Å²) in [7, 11) is -4.43. The number of unbranched alkanes of at least 4 members (excludes halogenated alkanes) is 20. The lowest BCUT2D eigenvalue weighted by molar-refractivity contribution is -0.130. The van der Waals surface area contributed by atoms with Crippen molar-refractivity contribution in [3.63, 3.8) is 0 Å². The summed E-state index contributed by atoms with van der Waals surface area (Å²) in [6.45, 7) is 4.42. The van der Waals surface area contributed by atoms with Crippen LogP contribution in [0.3, 0.4) is 0 Å². The van der Waals surface area contributed by atoms with Gasteiger partial charge in [0.05, 0.1) is 17.9 Å². The number of nitrogens with one attached hydrogen (secondary N) is 1. The van der Waals surface area contributed by atoms with E-state index in [1.165, 1.54) is 102 Å². The third-order valence-corrected chi connectivity index (χ3v) is 8.76. The van der Waals surface area contributed by atoms with E-state index in [2.05, 4.69) is 31.3 Å². The van der Waals surface area contributed by atoms with Gasteiger partial charge >= 0.3 is 0 Å². The number of carbonyl (C=O) groups excluding carboxylic acids is 1. The zero-order valence-corrected chi connectivity index (χ0v) is 28.5. The Morgan fingerprint density at radius 2 is 1.05 bits per heavy atom. The molecule has 0 aromatic carbocycles. The summed E-state index contributed by atoms with van der Waals surface area (Å²) in [5, 5.41) is 23.2. The fourth-order valence-corrected chi connectivity index (χ4v) is 5.93. The van der Waals surface area contributed by atoms with Crippen molar-refractivity contribution in [2.24, 2.45) is 0 Å². The summed E-state index contributed by atoms with van der Waals surface area (Å²) in [6.07, 6.45) is 32.5. The molecule has 8 heteroatoms. The maximum Gasteiger partial charge on any atom is 0.267 e. The Bertz CT molecular complexity index is 798. The fourth-order valence-electron chi connectivity index (χ4n) is 5.20. The van der Waals surface area contributed by atoms with E-state index in [4.69, 9.17) is 0 Å². The van der Waals surface area contributed by atoms with Crippen LogP contribution in [-0.4, -0.2) is 53.1 Å². The van der Waals surface area contributed by atoms with Crippen molar-refractivity contribution in [1.29, 1.82) is 0 Å². The molecular formula is C35H67NO6S. The summed E-state index contributed by atoms with van der Waals surface area (Å²) in [6, 6.07) is -1.23. The molecule has 0 aliphatic heterocycles. The lowest BCUT2D eigenvalue weighted by Crippen LogP contribution is -2.50. The monoisotopic (exact) mass is 629 g/mol. The summed E-state index contributed by atoms with van der Waals surface area (Å²) in [4.78, 5) is 12.5. The van der Waals surface area contributed by atoms with Gasteiger partial charge in [-0.3, -0.25) is 9.35 Å². The van der Waals surface area contributed by atoms with Gasteiger partial charge in [0.1, 0.15) is 6.10 Å². The van der Waals surface area contributed by atoms with E-state index < -0.39 is 40.0 Å². The van der Waals surface area contributed by atoms with Gasteiger partial charge in [0.25, 0.3) is 10.1 Å². The molecule has 0 saturated heterocycles. The minimum Gasteiger partial charge on any atom is -0.387 e. The van der Waals surface area contributed by atoms with Gasteiger partial charge in [0.2, 0.25) is 5.91 Å². The van der Waals surface area contributed by atoms with Crippen molar-refractivity contribution in [2.75, 3.05) is 5.75 Å². The Labute approximate surface area is 265 Å². The van der Waals surface area contributed by atoms with Crippen LogP contribution in [0, 0.1) is 0 Å². The Morgan fingerprint density at radius 3 is 1.53 bits per heavy atom. The highest BCUT2D eigenvalue weighted by molar-refractivity contribution is 7.85. The number of allylic oxidation sites excluding steroid dienone is 3. The molecule has 0 fully saturated rings. The first-order chi connectivity index (χ1) is 20.7. The Morgan fingerprint density at radius 1 is 0.628 bits per heavy atom. The zero-order valence-electron chi connectivity index (χ0n) is 27.7. The van der Waals surface area contributed by atoms with Gasteiger partial charge in [-0.25, -0.2) is 0 Å². The quantitative estimate of drug-likeness (QED) is 0.0346. The lowest BCUT2D eigenvalue weighted by Gasteiger charge is -2.22. The largest absolute Gasteiger partial charge is 0.387 e. The summed E-state index contributed by atoms with van der Waals surface area (Å²) >= 11 is 0. The molecule has 43 heavy (non-hydrogen) atoms. The number of hydrogen-bond acceptors (Lipinski definition) is 5. The van der Waals surface area contributed by atoms with Crippen molar-refractivity contribution in [3.05, 3.63) is 24.3 Å². The number of hydrogen-bond donors (Lipinski definition) is 4. The third-order valence-electron chi connectivity index (χ3n) is 7.98. The van der Waals surface area contributed by atoms with Gasteiger partial charge in [-0.2, -0.15) is 8.42 Å². The van der Waals surface area contributed by atoms with Crippen molar-refractivity contribution in [3.8, 4) is 0 Å². The van der Waals surface area contributed by atoms with Crippen LogP contribution in [0.25, 0.3) is 0 Å². The fraction of sp³-hybridized carbons (Fsp3) is 0.857. The molecule has 3 unspecified atom stereocenters. The van der Waals surface area contributed by atoms with Gasteiger partial charge in [-0.05, 0) is 38.5 Å². The first kappa shape index (κ1) is 41.8. The maximum atomic E-state index is 12.5. The van der Waals surface area contributed by atoms with Crippen molar-refractivity contribution >= 4 is 16.0 Å². The predicted molar refractivity (Wildman–Crippen MR) is 181 cm³/mol. The number of amides is 1. The van der Waals surface area contributed by atoms with Gasteiger partial charge < -0.3 is 15.5 Å². The van der Waals surface area contributed by atoms with E-state index >= 15 is 0 Å². The standard InChI is InChI=1S/C35H67NO6S/c1-3-5-7-9-11-13-14-15-16-17-18-19-20-22-23-25-27-29-33(37)32(31-43(40,41)42)36-35(39)34(38)30-28-26-24-21-12-10-8-6-4-2/h10,12,27,29,32-34,37-38H,3-9,11,13-26,28,30-31H2,1-2H3,(H,36,39)(H,40,41,42)/b12-10-,29-27+. The molecule has 0 aliphatic carbocycles. The molecule has 0 saturated carbocycles. The lowest BCUT2D eigenvalue weighted by atomic mass is 10.0. The SMILES string of the molecule is CCCC/C=C\CCCCCC(O)C(=O)NC(CS(=O)(=O)O)C(O)/C=C/CCCCCCCCCCCCCCCCC. The molecule has 0 aromatic heterocycles. The second-order valence-corrected chi connectivity index (χ2v) is 13.8. The molecule has 0 spiro atoms. The van der Waals surface area contributed by atoms with Crippen molar-refractivity contribution < 1.29 is 28.0 Å². The summed E-state index contributed by atoms with van der Waals surface area (Å²) in [5.74, 6) is -1.55. The molecule has 0 bridgehead atoms. The maximum absolute atomic E-state index is 12.5. The average Bonchev–Trinajstić information content (AvgIpc) is 2.96. The molecule has 1 amide bonds. The number of carbonyl (C=O) groups is 1.